The van der Waals surface area contributed by atoms with Crippen LogP contribution >= 0.6 is 0 Å². The van der Waals surface area contributed by atoms with Crippen LogP contribution in [0, 0.1) is 5.82 Å². The average molecular weight is 442 g/mol. The smallest absolute Gasteiger partial charge is 0.383 e. The number of alkyl halides is 3. The topological polar surface area (TPSA) is 93.2 Å². The summed E-state index contributed by atoms with van der Waals surface area (Å²) in [6.07, 6.45) is -0.934. The van der Waals surface area contributed by atoms with Crippen molar-refractivity contribution in [2.75, 3.05) is 5.32 Å². The predicted molar refractivity (Wildman–Crippen MR) is 108 cm³/mol. The Morgan fingerprint density at radius 1 is 1.26 bits per heavy atom. The van der Waals surface area contributed by atoms with E-state index in [1.807, 2.05) is 0 Å². The van der Waals surface area contributed by atoms with Crippen molar-refractivity contribution in [1.29, 1.82) is 0 Å². The van der Waals surface area contributed by atoms with Crippen molar-refractivity contribution in [3.05, 3.63) is 41.3 Å². The molecule has 1 heterocycles. The van der Waals surface area contributed by atoms with Crippen LogP contribution in [0.5, 0.6) is 0 Å². The van der Waals surface area contributed by atoms with Crippen molar-refractivity contribution in [2.45, 2.75) is 69.7 Å². The van der Waals surface area contributed by atoms with Crippen molar-refractivity contribution < 1.29 is 27.5 Å². The maximum Gasteiger partial charge on any atom is 0.415 e. The van der Waals surface area contributed by atoms with Gasteiger partial charge in [0, 0.05) is 17.3 Å². The summed E-state index contributed by atoms with van der Waals surface area (Å²) in [5.74, 6) is -1.47. The van der Waals surface area contributed by atoms with Crippen LogP contribution in [-0.2, 0) is 5.41 Å². The largest absolute Gasteiger partial charge is 0.415 e. The molecule has 1 fully saturated rings. The molecule has 1 atom stereocenters. The molecule has 0 bridgehead atoms. The second-order valence-electron chi connectivity index (χ2n) is 8.51. The van der Waals surface area contributed by atoms with Crippen LogP contribution in [0.2, 0.25) is 0 Å². The minimum atomic E-state index is -4.89. The number of hydrogen-bond acceptors (Lipinski definition) is 4. The van der Waals surface area contributed by atoms with Gasteiger partial charge < -0.3 is 16.2 Å². The molecule has 1 amide bonds. The zero-order valence-corrected chi connectivity index (χ0v) is 17.3. The molecule has 2 aromatic rings. The molecule has 31 heavy (non-hydrogen) atoms. The number of nitrogens with zero attached hydrogens (tertiary/aromatic N) is 2. The molecule has 0 spiro atoms. The van der Waals surface area contributed by atoms with Gasteiger partial charge >= 0.3 is 6.18 Å². The van der Waals surface area contributed by atoms with Crippen molar-refractivity contribution in [3.8, 4) is 0 Å². The summed E-state index contributed by atoms with van der Waals surface area (Å²) >= 11 is 0. The fraction of sp³-hybridized carbons (Fsp3) is 0.524. The van der Waals surface area contributed by atoms with Crippen LogP contribution < -0.4 is 11.1 Å². The number of nitrogens with one attached hydrogen (secondary N) is 1. The minimum absolute atomic E-state index is 0.142. The molecule has 1 aromatic heterocycles. The number of benzene rings is 1. The molecule has 0 saturated heterocycles. The number of aromatic nitrogens is 2. The third-order valence-corrected chi connectivity index (χ3v) is 5.87. The highest BCUT2D eigenvalue weighted by atomic mass is 19.4. The SMILES string of the molecule is CC(C)(c1ccc(Nc2nn(C3CCCCC3)cc2C(N)=O)cc1F)C(O)C(F)(F)F. The normalized spacial score (nSPS) is 16.9. The number of carbonyl (C=O) groups is 1. The molecule has 10 heteroatoms. The quantitative estimate of drug-likeness (QED) is 0.572. The Bertz CT molecular complexity index is 949. The number of primary amides is 1. The van der Waals surface area contributed by atoms with Crippen LogP contribution in [0.4, 0.5) is 29.1 Å². The van der Waals surface area contributed by atoms with Gasteiger partial charge in [0.25, 0.3) is 5.91 Å². The first-order chi connectivity index (χ1) is 14.4. The number of aliphatic hydroxyl groups is 1. The summed E-state index contributed by atoms with van der Waals surface area (Å²) in [5.41, 5.74) is 3.60. The molecule has 0 aliphatic heterocycles. The highest BCUT2D eigenvalue weighted by Crippen LogP contribution is 2.38. The second kappa shape index (κ2) is 8.49. The number of halogens is 4. The van der Waals surface area contributed by atoms with Gasteiger partial charge in [-0.15, -0.1) is 0 Å². The molecule has 3 rings (SSSR count). The molecule has 1 saturated carbocycles. The van der Waals surface area contributed by atoms with Gasteiger partial charge in [-0.3, -0.25) is 9.48 Å². The lowest BCUT2D eigenvalue weighted by Gasteiger charge is -2.32. The first-order valence-corrected chi connectivity index (χ1v) is 10.1. The molecule has 1 unspecified atom stereocenters. The number of anilines is 2. The van der Waals surface area contributed by atoms with Crippen molar-refractivity contribution in [1.82, 2.24) is 9.78 Å². The van der Waals surface area contributed by atoms with Crippen LogP contribution in [-0.4, -0.2) is 33.1 Å². The number of aliphatic hydroxyl groups excluding tert-OH is 1. The summed E-state index contributed by atoms with van der Waals surface area (Å²) < 4.78 is 55.3. The van der Waals surface area contributed by atoms with E-state index < -0.39 is 29.4 Å². The van der Waals surface area contributed by atoms with Crippen LogP contribution in [0.1, 0.15) is 67.9 Å². The fourth-order valence-electron chi connectivity index (χ4n) is 4.01. The molecule has 170 valence electrons. The minimum Gasteiger partial charge on any atom is -0.383 e. The fourth-order valence-corrected chi connectivity index (χ4v) is 4.01. The second-order valence-corrected chi connectivity index (χ2v) is 8.51. The van der Waals surface area contributed by atoms with Gasteiger partial charge in [-0.1, -0.05) is 39.2 Å². The lowest BCUT2D eigenvalue weighted by atomic mass is 9.78. The highest BCUT2D eigenvalue weighted by molar-refractivity contribution is 5.98. The van der Waals surface area contributed by atoms with E-state index >= 15 is 0 Å². The van der Waals surface area contributed by atoms with E-state index in [1.54, 1.807) is 10.9 Å². The first-order valence-electron chi connectivity index (χ1n) is 10.1. The molecule has 1 aromatic carbocycles. The lowest BCUT2D eigenvalue weighted by Crippen LogP contribution is -2.45. The lowest BCUT2D eigenvalue weighted by molar-refractivity contribution is -0.221. The van der Waals surface area contributed by atoms with E-state index in [9.17, 15) is 27.5 Å². The van der Waals surface area contributed by atoms with E-state index in [4.69, 9.17) is 5.73 Å². The summed E-state index contributed by atoms with van der Waals surface area (Å²) in [7, 11) is 0. The van der Waals surface area contributed by atoms with Crippen molar-refractivity contribution in [2.24, 2.45) is 5.73 Å². The Kier molecular flexibility index (Phi) is 6.31. The Morgan fingerprint density at radius 3 is 2.45 bits per heavy atom. The molecule has 4 N–H and O–H groups in total. The predicted octanol–water partition coefficient (Wildman–Crippen LogP) is 4.57. The Balaban J connectivity index is 1.87. The number of amides is 1. The van der Waals surface area contributed by atoms with Gasteiger partial charge in [0.05, 0.1) is 6.04 Å². The summed E-state index contributed by atoms with van der Waals surface area (Å²) in [6, 6.07) is 3.69. The maximum absolute atomic E-state index is 14.7. The third-order valence-electron chi connectivity index (χ3n) is 5.87. The molecular weight excluding hydrogens is 416 g/mol. The third kappa shape index (κ3) is 4.84. The van der Waals surface area contributed by atoms with Crippen LogP contribution in [0.25, 0.3) is 0 Å². The molecule has 1 aliphatic rings. The van der Waals surface area contributed by atoms with E-state index in [0.29, 0.717) is 0 Å². The number of hydrogen-bond donors (Lipinski definition) is 3. The number of nitrogens with two attached hydrogens (primary N) is 1. The molecule has 1 aliphatic carbocycles. The summed E-state index contributed by atoms with van der Waals surface area (Å²) in [6.45, 7) is 2.24. The molecule has 6 nitrogen and oxygen atoms in total. The van der Waals surface area contributed by atoms with Gasteiger partial charge in [-0.2, -0.15) is 18.3 Å². The Hall–Kier alpha value is -2.62. The van der Waals surface area contributed by atoms with Crippen LogP contribution in [0.3, 0.4) is 0 Å². The number of carbonyl (C=O) groups excluding carboxylic acids is 1. The number of rotatable bonds is 6. The van der Waals surface area contributed by atoms with Crippen molar-refractivity contribution in [3.63, 3.8) is 0 Å². The Labute approximate surface area is 177 Å². The van der Waals surface area contributed by atoms with E-state index in [2.05, 4.69) is 10.4 Å². The zero-order valence-electron chi connectivity index (χ0n) is 17.3. The van der Waals surface area contributed by atoms with Gasteiger partial charge in [0.2, 0.25) is 0 Å². The zero-order chi connectivity index (χ0) is 23.0. The average Bonchev–Trinajstić information content (AvgIpc) is 3.11. The maximum atomic E-state index is 14.7. The van der Waals surface area contributed by atoms with Gasteiger partial charge in [-0.05, 0) is 30.5 Å². The van der Waals surface area contributed by atoms with Crippen LogP contribution in [0.15, 0.2) is 24.4 Å². The Morgan fingerprint density at radius 2 is 1.90 bits per heavy atom. The van der Waals surface area contributed by atoms with E-state index in [-0.39, 0.29) is 28.7 Å². The highest BCUT2D eigenvalue weighted by Gasteiger charge is 2.49. The van der Waals surface area contributed by atoms with Crippen molar-refractivity contribution >= 4 is 17.4 Å². The monoisotopic (exact) mass is 442 g/mol. The summed E-state index contributed by atoms with van der Waals surface area (Å²) in [4.78, 5) is 11.9. The molecular formula is C21H26F4N4O2. The van der Waals surface area contributed by atoms with Gasteiger partial charge in [0.15, 0.2) is 11.9 Å². The molecule has 0 radical (unpaired) electrons. The van der Waals surface area contributed by atoms with Gasteiger partial charge in [-0.25, -0.2) is 4.39 Å². The first kappa shape index (κ1) is 23.1. The standard InChI is InChI=1S/C21H26F4N4O2/c1-20(2,19(31)21(23,24)25)15-9-8-12(10-16(15)22)27-18-14(17(26)30)11-29(28-18)13-6-4-3-5-7-13/h8-11,13,19,31H,3-7H2,1-2H3,(H2,26,30)(H,27,28). The van der Waals surface area contributed by atoms with E-state index in [1.165, 1.54) is 12.1 Å². The van der Waals surface area contributed by atoms with E-state index in [0.717, 1.165) is 52.0 Å². The summed E-state index contributed by atoms with van der Waals surface area (Å²) in [5, 5.41) is 16.9. The van der Waals surface area contributed by atoms with Gasteiger partial charge in [0.1, 0.15) is 11.4 Å².